The number of methoxy groups -OCH3 is 1. The lowest BCUT2D eigenvalue weighted by Crippen LogP contribution is -2.22. The molecule has 2 aromatic heterocycles. The van der Waals surface area contributed by atoms with E-state index in [-0.39, 0.29) is 35.5 Å². The van der Waals surface area contributed by atoms with Crippen molar-refractivity contribution in [1.82, 2.24) is 15.3 Å². The van der Waals surface area contributed by atoms with Crippen molar-refractivity contribution in [1.29, 1.82) is 0 Å². The van der Waals surface area contributed by atoms with Crippen molar-refractivity contribution in [2.24, 2.45) is 0 Å². The first-order valence-corrected chi connectivity index (χ1v) is 9.86. The SMILES string of the molecule is COc1cccc(-c2cc(C(F)(F)F)nc(SCCC(=O)NCc3ccco3)n2)c1. The number of ether oxygens (including phenoxy) is 1. The average molecular weight is 437 g/mol. The van der Waals surface area contributed by atoms with Gasteiger partial charge in [-0.1, -0.05) is 23.9 Å². The maximum atomic E-state index is 13.3. The molecule has 2 heterocycles. The first-order chi connectivity index (χ1) is 14.3. The second-order valence-corrected chi connectivity index (χ2v) is 7.17. The molecule has 3 aromatic rings. The number of furan rings is 1. The number of hydrogen-bond donors (Lipinski definition) is 1. The number of halogens is 3. The Kier molecular flexibility index (Phi) is 6.99. The Morgan fingerprint density at radius 2 is 2.03 bits per heavy atom. The van der Waals surface area contributed by atoms with Crippen LogP contribution < -0.4 is 10.1 Å². The first kappa shape index (κ1) is 21.7. The Morgan fingerprint density at radius 1 is 1.20 bits per heavy atom. The Bertz CT molecular complexity index is 994. The summed E-state index contributed by atoms with van der Waals surface area (Å²) in [6, 6.07) is 10.9. The zero-order valence-electron chi connectivity index (χ0n) is 15.9. The van der Waals surface area contributed by atoms with E-state index in [1.54, 1.807) is 36.4 Å². The van der Waals surface area contributed by atoms with Crippen molar-refractivity contribution >= 4 is 17.7 Å². The summed E-state index contributed by atoms with van der Waals surface area (Å²) < 4.78 is 50.1. The lowest BCUT2D eigenvalue weighted by atomic mass is 10.1. The van der Waals surface area contributed by atoms with Crippen LogP contribution in [0, 0.1) is 0 Å². The second kappa shape index (κ2) is 9.66. The number of rotatable bonds is 8. The molecule has 0 fully saturated rings. The molecule has 1 N–H and O–H groups in total. The lowest BCUT2D eigenvalue weighted by molar-refractivity contribution is -0.141. The second-order valence-electron chi connectivity index (χ2n) is 6.11. The normalized spacial score (nSPS) is 11.3. The maximum absolute atomic E-state index is 13.3. The van der Waals surface area contributed by atoms with Crippen LogP contribution in [0.4, 0.5) is 13.2 Å². The molecule has 0 unspecified atom stereocenters. The van der Waals surface area contributed by atoms with Crippen molar-refractivity contribution in [3.05, 3.63) is 60.2 Å². The van der Waals surface area contributed by atoms with E-state index < -0.39 is 11.9 Å². The molecule has 0 aliphatic heterocycles. The Balaban J connectivity index is 1.69. The third kappa shape index (κ3) is 5.99. The number of aromatic nitrogens is 2. The molecule has 30 heavy (non-hydrogen) atoms. The molecule has 158 valence electrons. The number of thioether (sulfide) groups is 1. The number of hydrogen-bond acceptors (Lipinski definition) is 6. The van der Waals surface area contributed by atoms with E-state index >= 15 is 0 Å². The van der Waals surface area contributed by atoms with Crippen LogP contribution in [0.1, 0.15) is 17.9 Å². The number of carbonyl (C=O) groups is 1. The molecule has 0 bridgehead atoms. The maximum Gasteiger partial charge on any atom is 0.433 e. The van der Waals surface area contributed by atoms with Crippen molar-refractivity contribution in [3.8, 4) is 17.0 Å². The standard InChI is InChI=1S/C20H18F3N3O3S/c1-28-14-5-2-4-13(10-14)16-11-17(20(21,22)23)26-19(25-16)30-9-7-18(27)24-12-15-6-3-8-29-15/h2-6,8,10-11H,7,9,12H2,1H3,(H,24,27). The highest BCUT2D eigenvalue weighted by atomic mass is 32.2. The number of benzene rings is 1. The van der Waals surface area contributed by atoms with Gasteiger partial charge in [0.05, 0.1) is 25.6 Å². The summed E-state index contributed by atoms with van der Waals surface area (Å²) in [6.45, 7) is 0.247. The van der Waals surface area contributed by atoms with Gasteiger partial charge >= 0.3 is 6.18 Å². The van der Waals surface area contributed by atoms with E-state index in [0.29, 0.717) is 17.1 Å². The van der Waals surface area contributed by atoms with Gasteiger partial charge in [0.1, 0.15) is 17.2 Å². The predicted molar refractivity (Wildman–Crippen MR) is 105 cm³/mol. The van der Waals surface area contributed by atoms with Gasteiger partial charge in [-0.15, -0.1) is 0 Å². The molecular weight excluding hydrogens is 419 g/mol. The summed E-state index contributed by atoms with van der Waals surface area (Å²) in [5.41, 5.74) is -0.443. The summed E-state index contributed by atoms with van der Waals surface area (Å²) in [6.07, 6.45) is -3.02. The highest BCUT2D eigenvalue weighted by Gasteiger charge is 2.34. The van der Waals surface area contributed by atoms with E-state index in [1.165, 1.54) is 13.4 Å². The summed E-state index contributed by atoms with van der Waals surface area (Å²) in [5, 5.41) is 2.62. The van der Waals surface area contributed by atoms with E-state index in [9.17, 15) is 18.0 Å². The smallest absolute Gasteiger partial charge is 0.433 e. The van der Waals surface area contributed by atoms with Crippen molar-refractivity contribution in [2.75, 3.05) is 12.9 Å². The van der Waals surface area contributed by atoms with Gasteiger partial charge in [0.25, 0.3) is 0 Å². The predicted octanol–water partition coefficient (Wildman–Crippen LogP) is 4.56. The van der Waals surface area contributed by atoms with E-state index in [4.69, 9.17) is 9.15 Å². The Morgan fingerprint density at radius 3 is 2.73 bits per heavy atom. The Labute approximate surface area is 174 Å². The summed E-state index contributed by atoms with van der Waals surface area (Å²) in [7, 11) is 1.47. The zero-order chi connectivity index (χ0) is 21.6. The molecule has 0 saturated carbocycles. The molecule has 0 radical (unpaired) electrons. The van der Waals surface area contributed by atoms with Gasteiger partial charge in [0, 0.05) is 17.7 Å². The third-order valence-corrected chi connectivity index (χ3v) is 4.81. The van der Waals surface area contributed by atoms with E-state index in [2.05, 4.69) is 15.3 Å². The molecule has 10 heteroatoms. The van der Waals surface area contributed by atoms with Crippen LogP contribution in [-0.2, 0) is 17.5 Å². The minimum Gasteiger partial charge on any atom is -0.497 e. The monoisotopic (exact) mass is 437 g/mol. The zero-order valence-corrected chi connectivity index (χ0v) is 16.7. The number of alkyl halides is 3. The molecule has 1 aromatic carbocycles. The van der Waals surface area contributed by atoms with Gasteiger partial charge in [-0.3, -0.25) is 4.79 Å². The minimum atomic E-state index is -4.62. The van der Waals surface area contributed by atoms with Crippen LogP contribution in [-0.4, -0.2) is 28.7 Å². The number of nitrogens with zero attached hydrogens (tertiary/aromatic N) is 2. The van der Waals surface area contributed by atoms with Crippen molar-refractivity contribution in [2.45, 2.75) is 24.3 Å². The van der Waals surface area contributed by atoms with Crippen LogP contribution in [0.15, 0.2) is 58.3 Å². The van der Waals surface area contributed by atoms with Gasteiger partial charge in [-0.25, -0.2) is 9.97 Å². The fourth-order valence-corrected chi connectivity index (χ4v) is 3.28. The van der Waals surface area contributed by atoms with Gasteiger partial charge < -0.3 is 14.5 Å². The van der Waals surface area contributed by atoms with E-state index in [0.717, 1.165) is 17.8 Å². The summed E-state index contributed by atoms with van der Waals surface area (Å²) in [5.74, 6) is 1.09. The molecule has 0 aliphatic carbocycles. The van der Waals surface area contributed by atoms with Crippen molar-refractivity contribution in [3.63, 3.8) is 0 Å². The number of amides is 1. The Hall–Kier alpha value is -3.01. The summed E-state index contributed by atoms with van der Waals surface area (Å²) in [4.78, 5) is 19.7. The molecule has 0 aliphatic rings. The fraction of sp³-hybridized carbons (Fsp3) is 0.250. The van der Waals surface area contributed by atoms with E-state index in [1.807, 2.05) is 0 Å². The number of nitrogens with one attached hydrogen (secondary N) is 1. The van der Waals surface area contributed by atoms with Gasteiger partial charge in [-0.2, -0.15) is 13.2 Å². The molecule has 0 saturated heterocycles. The van der Waals surface area contributed by atoms with Crippen LogP contribution in [0.5, 0.6) is 5.75 Å². The van der Waals surface area contributed by atoms with Gasteiger partial charge in [0.2, 0.25) is 5.91 Å². The van der Waals surface area contributed by atoms with Crippen LogP contribution in [0.2, 0.25) is 0 Å². The molecule has 0 atom stereocenters. The average Bonchev–Trinajstić information content (AvgIpc) is 3.25. The van der Waals surface area contributed by atoms with Crippen LogP contribution >= 0.6 is 11.8 Å². The highest BCUT2D eigenvalue weighted by Crippen LogP contribution is 2.32. The van der Waals surface area contributed by atoms with Gasteiger partial charge in [0.15, 0.2) is 5.16 Å². The highest BCUT2D eigenvalue weighted by molar-refractivity contribution is 7.99. The quantitative estimate of drug-likeness (QED) is 0.411. The fourth-order valence-electron chi connectivity index (χ4n) is 2.49. The minimum absolute atomic E-state index is 0.0542. The van der Waals surface area contributed by atoms with Crippen LogP contribution in [0.3, 0.4) is 0 Å². The number of carbonyl (C=O) groups excluding carboxylic acids is 1. The topological polar surface area (TPSA) is 77.2 Å². The largest absolute Gasteiger partial charge is 0.497 e. The van der Waals surface area contributed by atoms with Crippen molar-refractivity contribution < 1.29 is 27.1 Å². The first-order valence-electron chi connectivity index (χ1n) is 8.88. The molecule has 3 rings (SSSR count). The lowest BCUT2D eigenvalue weighted by Gasteiger charge is -2.11. The van der Waals surface area contributed by atoms with Crippen LogP contribution in [0.25, 0.3) is 11.3 Å². The molecular formula is C20H18F3N3O3S. The van der Waals surface area contributed by atoms with Gasteiger partial charge in [-0.05, 0) is 30.3 Å². The molecule has 0 spiro atoms. The molecule has 6 nitrogen and oxygen atoms in total. The summed E-state index contributed by atoms with van der Waals surface area (Å²) >= 11 is 0.983. The molecule has 1 amide bonds. The third-order valence-electron chi connectivity index (χ3n) is 3.96.